The predicted molar refractivity (Wildman–Crippen MR) is 69.0 cm³/mol. The van der Waals surface area contributed by atoms with Gasteiger partial charge >= 0.3 is 5.97 Å². The van der Waals surface area contributed by atoms with Crippen molar-refractivity contribution >= 4 is 5.97 Å². The van der Waals surface area contributed by atoms with Gasteiger partial charge in [0.25, 0.3) is 0 Å². The molecule has 0 unspecified atom stereocenters. The highest BCUT2D eigenvalue weighted by Gasteiger charge is 2.04. The standard InChI is InChI=1S/C15H14O3/c1-11(16)18-10-12-5-4-6-13(9-12)14-7-2-3-8-15(14)17/h2-9,17H,10H2,1H3. The van der Waals surface area contributed by atoms with Crippen LogP contribution in [0.1, 0.15) is 12.5 Å². The van der Waals surface area contributed by atoms with E-state index in [-0.39, 0.29) is 18.3 Å². The molecule has 92 valence electrons. The maximum atomic E-state index is 10.8. The first kappa shape index (κ1) is 12.2. The summed E-state index contributed by atoms with van der Waals surface area (Å²) in [5.74, 6) is -0.0647. The molecule has 1 N–H and O–H groups in total. The summed E-state index contributed by atoms with van der Waals surface area (Å²) in [4.78, 5) is 10.8. The van der Waals surface area contributed by atoms with Gasteiger partial charge in [-0.25, -0.2) is 0 Å². The van der Waals surface area contributed by atoms with Crippen molar-refractivity contribution in [3.8, 4) is 16.9 Å². The normalized spacial score (nSPS) is 10.1. The number of ether oxygens (including phenoxy) is 1. The number of hydrogen-bond acceptors (Lipinski definition) is 3. The molecular weight excluding hydrogens is 228 g/mol. The second-order valence-electron chi connectivity index (χ2n) is 4.00. The Kier molecular flexibility index (Phi) is 3.63. The van der Waals surface area contributed by atoms with Gasteiger partial charge in [0, 0.05) is 12.5 Å². The topological polar surface area (TPSA) is 46.5 Å². The Morgan fingerprint density at radius 2 is 1.94 bits per heavy atom. The monoisotopic (exact) mass is 242 g/mol. The van der Waals surface area contributed by atoms with Crippen molar-refractivity contribution in [1.29, 1.82) is 0 Å². The second kappa shape index (κ2) is 5.36. The lowest BCUT2D eigenvalue weighted by Crippen LogP contribution is -1.98. The van der Waals surface area contributed by atoms with Crippen LogP contribution >= 0.6 is 0 Å². The summed E-state index contributed by atoms with van der Waals surface area (Å²) in [5.41, 5.74) is 2.56. The summed E-state index contributed by atoms with van der Waals surface area (Å²) in [7, 11) is 0. The molecule has 0 saturated carbocycles. The van der Waals surface area contributed by atoms with Crippen LogP contribution in [-0.4, -0.2) is 11.1 Å². The van der Waals surface area contributed by atoms with Gasteiger partial charge in [-0.2, -0.15) is 0 Å². The van der Waals surface area contributed by atoms with E-state index in [4.69, 9.17) is 4.74 Å². The molecule has 0 aromatic heterocycles. The lowest BCUT2D eigenvalue weighted by atomic mass is 10.0. The average Bonchev–Trinajstić information content (AvgIpc) is 2.37. The number of rotatable bonds is 3. The number of benzene rings is 2. The molecule has 0 aliphatic carbocycles. The molecule has 3 nitrogen and oxygen atoms in total. The highest BCUT2D eigenvalue weighted by atomic mass is 16.5. The zero-order valence-corrected chi connectivity index (χ0v) is 10.1. The maximum absolute atomic E-state index is 10.8. The van der Waals surface area contributed by atoms with E-state index in [2.05, 4.69) is 0 Å². The molecule has 0 aliphatic rings. The molecule has 2 aromatic carbocycles. The molecule has 0 bridgehead atoms. The zero-order chi connectivity index (χ0) is 13.0. The molecule has 3 heteroatoms. The van der Waals surface area contributed by atoms with Crippen molar-refractivity contribution < 1.29 is 14.6 Å². The van der Waals surface area contributed by atoms with Crippen LogP contribution in [0.2, 0.25) is 0 Å². The minimum atomic E-state index is -0.303. The highest BCUT2D eigenvalue weighted by Crippen LogP contribution is 2.29. The highest BCUT2D eigenvalue weighted by molar-refractivity contribution is 5.70. The number of para-hydroxylation sites is 1. The third kappa shape index (κ3) is 2.88. The van der Waals surface area contributed by atoms with Gasteiger partial charge in [0.05, 0.1) is 0 Å². The van der Waals surface area contributed by atoms with Gasteiger partial charge in [0.15, 0.2) is 0 Å². The lowest BCUT2D eigenvalue weighted by molar-refractivity contribution is -0.142. The van der Waals surface area contributed by atoms with E-state index in [1.807, 2.05) is 36.4 Å². The molecule has 0 aliphatic heterocycles. The average molecular weight is 242 g/mol. The summed E-state index contributed by atoms with van der Waals surface area (Å²) in [6, 6.07) is 14.7. The number of aromatic hydroxyl groups is 1. The number of esters is 1. The van der Waals surface area contributed by atoms with Gasteiger partial charge in [-0.15, -0.1) is 0 Å². The van der Waals surface area contributed by atoms with E-state index in [9.17, 15) is 9.90 Å². The van der Waals surface area contributed by atoms with E-state index in [0.717, 1.165) is 16.7 Å². The van der Waals surface area contributed by atoms with Gasteiger partial charge in [0.2, 0.25) is 0 Å². The molecule has 18 heavy (non-hydrogen) atoms. The first-order chi connectivity index (χ1) is 8.66. The summed E-state index contributed by atoms with van der Waals surface area (Å²) >= 11 is 0. The molecule has 0 saturated heterocycles. The Balaban J connectivity index is 2.27. The molecular formula is C15H14O3. The summed E-state index contributed by atoms with van der Waals surface area (Å²) in [6.45, 7) is 1.63. The van der Waals surface area contributed by atoms with Gasteiger partial charge in [-0.1, -0.05) is 36.4 Å². The minimum Gasteiger partial charge on any atom is -0.507 e. The Morgan fingerprint density at radius 1 is 1.17 bits per heavy atom. The third-order valence-electron chi connectivity index (χ3n) is 2.58. The fourth-order valence-electron chi connectivity index (χ4n) is 1.73. The van der Waals surface area contributed by atoms with Crippen LogP contribution < -0.4 is 0 Å². The van der Waals surface area contributed by atoms with Crippen molar-refractivity contribution in [2.24, 2.45) is 0 Å². The van der Waals surface area contributed by atoms with Crippen molar-refractivity contribution in [3.63, 3.8) is 0 Å². The molecule has 0 radical (unpaired) electrons. The molecule has 0 spiro atoms. The van der Waals surface area contributed by atoms with Crippen molar-refractivity contribution in [3.05, 3.63) is 54.1 Å². The molecule has 0 fully saturated rings. The van der Waals surface area contributed by atoms with Gasteiger partial charge in [-0.3, -0.25) is 4.79 Å². The molecule has 2 rings (SSSR count). The maximum Gasteiger partial charge on any atom is 0.302 e. The van der Waals surface area contributed by atoms with Crippen LogP contribution in [0.3, 0.4) is 0 Å². The van der Waals surface area contributed by atoms with Gasteiger partial charge < -0.3 is 9.84 Å². The predicted octanol–water partition coefficient (Wildman–Crippen LogP) is 3.12. The SMILES string of the molecule is CC(=O)OCc1cccc(-c2ccccc2O)c1. The zero-order valence-electron chi connectivity index (χ0n) is 10.1. The minimum absolute atomic E-state index is 0.238. The van der Waals surface area contributed by atoms with E-state index < -0.39 is 0 Å². The van der Waals surface area contributed by atoms with Crippen molar-refractivity contribution in [1.82, 2.24) is 0 Å². The quantitative estimate of drug-likeness (QED) is 0.841. The first-order valence-corrected chi connectivity index (χ1v) is 5.67. The fourth-order valence-corrected chi connectivity index (χ4v) is 1.73. The lowest BCUT2D eigenvalue weighted by Gasteiger charge is -2.07. The number of hydrogen-bond donors (Lipinski definition) is 1. The first-order valence-electron chi connectivity index (χ1n) is 5.67. The Morgan fingerprint density at radius 3 is 2.67 bits per heavy atom. The van der Waals surface area contributed by atoms with Crippen LogP contribution in [0, 0.1) is 0 Å². The van der Waals surface area contributed by atoms with Gasteiger partial charge in [0.1, 0.15) is 12.4 Å². The Hall–Kier alpha value is -2.29. The van der Waals surface area contributed by atoms with Crippen molar-refractivity contribution in [2.75, 3.05) is 0 Å². The van der Waals surface area contributed by atoms with Gasteiger partial charge in [-0.05, 0) is 23.3 Å². The summed E-state index contributed by atoms with van der Waals surface area (Å²) < 4.78 is 4.95. The largest absolute Gasteiger partial charge is 0.507 e. The Bertz CT molecular complexity index is 561. The van der Waals surface area contributed by atoms with E-state index >= 15 is 0 Å². The number of phenols is 1. The van der Waals surface area contributed by atoms with Crippen LogP contribution in [-0.2, 0) is 16.1 Å². The third-order valence-corrected chi connectivity index (χ3v) is 2.58. The van der Waals surface area contributed by atoms with Crippen LogP contribution in [0.25, 0.3) is 11.1 Å². The number of carbonyl (C=O) groups is 1. The van der Waals surface area contributed by atoms with Crippen LogP contribution in [0.5, 0.6) is 5.75 Å². The molecule has 0 heterocycles. The smallest absolute Gasteiger partial charge is 0.302 e. The summed E-state index contributed by atoms with van der Waals surface area (Å²) in [6.07, 6.45) is 0. The van der Waals surface area contributed by atoms with Crippen LogP contribution in [0.4, 0.5) is 0 Å². The van der Waals surface area contributed by atoms with E-state index in [0.29, 0.717) is 0 Å². The van der Waals surface area contributed by atoms with E-state index in [1.165, 1.54) is 6.92 Å². The number of phenolic OH excluding ortho intramolecular Hbond substituents is 1. The fraction of sp³-hybridized carbons (Fsp3) is 0.133. The van der Waals surface area contributed by atoms with Crippen molar-refractivity contribution in [2.45, 2.75) is 13.5 Å². The molecule has 2 aromatic rings. The molecule has 0 amide bonds. The van der Waals surface area contributed by atoms with E-state index in [1.54, 1.807) is 12.1 Å². The summed E-state index contributed by atoms with van der Waals surface area (Å²) in [5, 5.41) is 9.79. The Labute approximate surface area is 106 Å². The number of carbonyl (C=O) groups excluding carboxylic acids is 1. The molecule has 0 atom stereocenters. The second-order valence-corrected chi connectivity index (χ2v) is 4.00. The van der Waals surface area contributed by atoms with Crippen LogP contribution in [0.15, 0.2) is 48.5 Å².